The van der Waals surface area contributed by atoms with E-state index in [-0.39, 0.29) is 5.56 Å². The summed E-state index contributed by atoms with van der Waals surface area (Å²) >= 11 is 0. The average Bonchev–Trinajstić information content (AvgIpc) is 2.88. The van der Waals surface area contributed by atoms with Crippen molar-refractivity contribution in [3.63, 3.8) is 0 Å². The molecule has 5 heteroatoms. The van der Waals surface area contributed by atoms with Crippen LogP contribution in [0.2, 0.25) is 0 Å². The number of fused-ring (bicyclic) bond motifs is 2. The Balaban J connectivity index is 1.52. The lowest BCUT2D eigenvalue weighted by Gasteiger charge is -2.29. The lowest BCUT2D eigenvalue weighted by molar-refractivity contribution is 0.269. The van der Waals surface area contributed by atoms with Crippen molar-refractivity contribution >= 4 is 5.95 Å². The van der Waals surface area contributed by atoms with E-state index in [0.717, 1.165) is 69.2 Å². The second-order valence-electron chi connectivity index (χ2n) is 8.28. The van der Waals surface area contributed by atoms with Gasteiger partial charge in [0.25, 0.3) is 5.56 Å². The van der Waals surface area contributed by atoms with Crippen molar-refractivity contribution in [2.45, 2.75) is 46.1 Å². The van der Waals surface area contributed by atoms with Gasteiger partial charge in [-0.3, -0.25) is 9.78 Å². The first-order valence-electron chi connectivity index (χ1n) is 10.3. The van der Waals surface area contributed by atoms with E-state index in [4.69, 9.17) is 4.98 Å². The van der Waals surface area contributed by atoms with E-state index in [1.165, 1.54) is 17.5 Å². The zero-order chi connectivity index (χ0) is 18.8. The molecule has 0 amide bonds. The molecular formula is C22H30N4O. The number of H-pyrrole nitrogens is 1. The van der Waals surface area contributed by atoms with Crippen LogP contribution in [-0.4, -0.2) is 41.0 Å². The van der Waals surface area contributed by atoms with Gasteiger partial charge >= 0.3 is 0 Å². The van der Waals surface area contributed by atoms with E-state index in [1.54, 1.807) is 0 Å². The van der Waals surface area contributed by atoms with Gasteiger partial charge < -0.3 is 9.80 Å². The van der Waals surface area contributed by atoms with Gasteiger partial charge in [0.2, 0.25) is 5.95 Å². The van der Waals surface area contributed by atoms with Crippen LogP contribution >= 0.6 is 0 Å². The fraction of sp³-hybridized carbons (Fsp3) is 0.545. The minimum atomic E-state index is 0.0552. The number of rotatable bonds is 4. The predicted octanol–water partition coefficient (Wildman–Crippen LogP) is 2.78. The largest absolute Gasteiger partial charge is 0.338 e. The van der Waals surface area contributed by atoms with Crippen LogP contribution < -0.4 is 10.5 Å². The second kappa shape index (κ2) is 7.85. The maximum Gasteiger partial charge on any atom is 0.255 e. The van der Waals surface area contributed by atoms with Crippen molar-refractivity contribution in [1.29, 1.82) is 0 Å². The van der Waals surface area contributed by atoms with Gasteiger partial charge in [0.15, 0.2) is 0 Å². The molecule has 1 N–H and O–H groups in total. The highest BCUT2D eigenvalue weighted by Gasteiger charge is 2.22. The van der Waals surface area contributed by atoms with Crippen molar-refractivity contribution in [3.05, 3.63) is 57.0 Å². The van der Waals surface area contributed by atoms with Crippen molar-refractivity contribution in [1.82, 2.24) is 14.9 Å². The summed E-state index contributed by atoms with van der Waals surface area (Å²) in [5.74, 6) is 1.45. The summed E-state index contributed by atoms with van der Waals surface area (Å²) in [4.78, 5) is 25.4. The van der Waals surface area contributed by atoms with Gasteiger partial charge in [0.1, 0.15) is 0 Å². The zero-order valence-electron chi connectivity index (χ0n) is 16.5. The maximum atomic E-state index is 12.8. The molecule has 0 bridgehead atoms. The number of anilines is 1. The molecule has 0 saturated carbocycles. The molecule has 5 nitrogen and oxygen atoms in total. The Morgan fingerprint density at radius 3 is 2.67 bits per heavy atom. The Morgan fingerprint density at radius 1 is 1.07 bits per heavy atom. The summed E-state index contributed by atoms with van der Waals surface area (Å²) in [5, 5.41) is 0. The first kappa shape index (κ1) is 18.2. The first-order valence-corrected chi connectivity index (χ1v) is 10.3. The van der Waals surface area contributed by atoms with E-state index in [2.05, 4.69) is 52.9 Å². The molecule has 2 aliphatic heterocycles. The van der Waals surface area contributed by atoms with Gasteiger partial charge in [-0.1, -0.05) is 38.1 Å². The number of hydrogen-bond donors (Lipinski definition) is 1. The van der Waals surface area contributed by atoms with E-state index >= 15 is 0 Å². The molecule has 0 radical (unpaired) electrons. The molecule has 0 unspecified atom stereocenters. The van der Waals surface area contributed by atoms with Crippen molar-refractivity contribution in [2.75, 3.05) is 31.1 Å². The Kier molecular flexibility index (Phi) is 5.30. The standard InChI is InChI=1S/C22H30N4O/c1-16(2)7-11-25-12-9-19-20(10-13-25)23-22(24-21(19)27)26-14-8-17-5-3-4-6-18(17)15-26/h3-6,16H,7-15H2,1-2H3,(H,23,24,27). The van der Waals surface area contributed by atoms with E-state index < -0.39 is 0 Å². The van der Waals surface area contributed by atoms with Gasteiger partial charge in [-0.15, -0.1) is 0 Å². The summed E-state index contributed by atoms with van der Waals surface area (Å²) in [6.45, 7) is 9.32. The third-order valence-corrected chi connectivity index (χ3v) is 5.88. The third-order valence-electron chi connectivity index (χ3n) is 5.88. The third kappa shape index (κ3) is 4.08. The molecule has 0 spiro atoms. The minimum Gasteiger partial charge on any atom is -0.338 e. The van der Waals surface area contributed by atoms with Gasteiger partial charge in [-0.2, -0.15) is 0 Å². The van der Waals surface area contributed by atoms with Crippen LogP contribution in [0, 0.1) is 5.92 Å². The van der Waals surface area contributed by atoms with Gasteiger partial charge in [0, 0.05) is 38.2 Å². The fourth-order valence-corrected chi connectivity index (χ4v) is 4.13. The summed E-state index contributed by atoms with van der Waals surface area (Å²) in [6, 6.07) is 8.56. The maximum absolute atomic E-state index is 12.8. The first-order chi connectivity index (χ1) is 13.1. The highest BCUT2D eigenvalue weighted by Crippen LogP contribution is 2.22. The minimum absolute atomic E-state index is 0.0552. The monoisotopic (exact) mass is 366 g/mol. The number of aromatic amines is 1. The SMILES string of the molecule is CC(C)CCN1CCc2nc(N3CCc4ccccc4C3)[nH]c(=O)c2CC1. The van der Waals surface area contributed by atoms with Crippen LogP contribution in [0.25, 0.3) is 0 Å². The molecule has 0 fully saturated rings. The number of benzene rings is 1. The number of aromatic nitrogens is 2. The molecule has 3 heterocycles. The van der Waals surface area contributed by atoms with Crippen LogP contribution in [-0.2, 0) is 25.8 Å². The smallest absolute Gasteiger partial charge is 0.255 e. The zero-order valence-corrected chi connectivity index (χ0v) is 16.5. The topological polar surface area (TPSA) is 52.2 Å². The normalized spacial score (nSPS) is 17.5. The van der Waals surface area contributed by atoms with Crippen molar-refractivity contribution in [3.8, 4) is 0 Å². The highest BCUT2D eigenvalue weighted by molar-refractivity contribution is 5.41. The van der Waals surface area contributed by atoms with Crippen LogP contribution in [0.15, 0.2) is 29.1 Å². The molecule has 1 aromatic heterocycles. The van der Waals surface area contributed by atoms with Crippen LogP contribution in [0.3, 0.4) is 0 Å². The molecule has 2 aliphatic rings. The van der Waals surface area contributed by atoms with Gasteiger partial charge in [-0.05, 0) is 42.9 Å². The summed E-state index contributed by atoms with van der Waals surface area (Å²) in [5.41, 5.74) is 4.69. The predicted molar refractivity (Wildman–Crippen MR) is 109 cm³/mol. The highest BCUT2D eigenvalue weighted by atomic mass is 16.1. The lowest BCUT2D eigenvalue weighted by Crippen LogP contribution is -2.34. The Labute approximate surface area is 161 Å². The Morgan fingerprint density at radius 2 is 1.85 bits per heavy atom. The quantitative estimate of drug-likeness (QED) is 0.904. The van der Waals surface area contributed by atoms with Crippen LogP contribution in [0.1, 0.15) is 42.7 Å². The fourth-order valence-electron chi connectivity index (χ4n) is 4.13. The molecule has 27 heavy (non-hydrogen) atoms. The van der Waals surface area contributed by atoms with Gasteiger partial charge in [-0.25, -0.2) is 4.98 Å². The summed E-state index contributed by atoms with van der Waals surface area (Å²) in [7, 11) is 0. The Bertz CT molecular complexity index is 858. The molecule has 2 aromatic rings. The molecule has 1 aromatic carbocycles. The second-order valence-corrected chi connectivity index (χ2v) is 8.28. The number of nitrogens with one attached hydrogen (secondary N) is 1. The van der Waals surface area contributed by atoms with Crippen LogP contribution in [0.5, 0.6) is 0 Å². The van der Waals surface area contributed by atoms with E-state index in [0.29, 0.717) is 5.92 Å². The molecule has 0 atom stereocenters. The summed E-state index contributed by atoms with van der Waals surface area (Å²) in [6.07, 6.45) is 3.88. The van der Waals surface area contributed by atoms with Crippen molar-refractivity contribution in [2.24, 2.45) is 5.92 Å². The van der Waals surface area contributed by atoms with Gasteiger partial charge in [0.05, 0.1) is 5.69 Å². The molecule has 0 aliphatic carbocycles. The van der Waals surface area contributed by atoms with Crippen LogP contribution in [0.4, 0.5) is 5.95 Å². The average molecular weight is 367 g/mol. The molecular weight excluding hydrogens is 336 g/mol. The molecule has 0 saturated heterocycles. The Hall–Kier alpha value is -2.14. The van der Waals surface area contributed by atoms with Crippen molar-refractivity contribution < 1.29 is 0 Å². The van der Waals surface area contributed by atoms with E-state index in [1.807, 2.05) is 0 Å². The molecule has 4 rings (SSSR count). The van der Waals surface area contributed by atoms with E-state index in [9.17, 15) is 4.79 Å². The summed E-state index contributed by atoms with van der Waals surface area (Å²) < 4.78 is 0. The number of nitrogens with zero attached hydrogens (tertiary/aromatic N) is 3. The molecule has 144 valence electrons. The number of hydrogen-bond acceptors (Lipinski definition) is 4. The lowest BCUT2D eigenvalue weighted by atomic mass is 10.0.